The van der Waals surface area contributed by atoms with Crippen LogP contribution in [0.15, 0.2) is 18.2 Å². The summed E-state index contributed by atoms with van der Waals surface area (Å²) in [5.41, 5.74) is 0. The summed E-state index contributed by atoms with van der Waals surface area (Å²) in [6.45, 7) is 3.74. The highest BCUT2D eigenvalue weighted by atomic mass is 35.5. The SMILES string of the molecule is CNCC(C)C(=O)N1CCC(Oc2ccc(F)cc2F)CC1.Cl. The number of likely N-dealkylation sites (tertiary alicyclic amines) is 1. The van der Waals surface area contributed by atoms with Crippen molar-refractivity contribution >= 4 is 18.3 Å². The van der Waals surface area contributed by atoms with E-state index in [4.69, 9.17) is 4.74 Å². The van der Waals surface area contributed by atoms with Crippen LogP contribution in [0, 0.1) is 17.6 Å². The number of carbonyl (C=O) groups is 1. The van der Waals surface area contributed by atoms with Crippen molar-refractivity contribution in [2.45, 2.75) is 25.9 Å². The van der Waals surface area contributed by atoms with Crippen molar-refractivity contribution in [2.75, 3.05) is 26.7 Å². The van der Waals surface area contributed by atoms with E-state index in [1.54, 1.807) is 0 Å². The van der Waals surface area contributed by atoms with Crippen LogP contribution in [0.2, 0.25) is 0 Å². The Kier molecular flexibility index (Phi) is 7.72. The predicted octanol–water partition coefficient (Wildman–Crippen LogP) is 2.61. The minimum absolute atomic E-state index is 0. The maximum atomic E-state index is 13.6. The van der Waals surface area contributed by atoms with Gasteiger partial charge in [-0.05, 0) is 19.2 Å². The first kappa shape index (κ1) is 19.6. The number of halogens is 3. The zero-order valence-corrected chi connectivity index (χ0v) is 14.2. The average molecular weight is 349 g/mol. The fourth-order valence-electron chi connectivity index (χ4n) is 2.65. The molecule has 0 spiro atoms. The van der Waals surface area contributed by atoms with Crippen molar-refractivity contribution in [3.05, 3.63) is 29.8 Å². The Bertz CT molecular complexity index is 523. The first-order valence-corrected chi connectivity index (χ1v) is 7.56. The number of nitrogens with zero attached hydrogens (tertiary/aromatic N) is 1. The fraction of sp³-hybridized carbons (Fsp3) is 0.562. The van der Waals surface area contributed by atoms with E-state index in [0.717, 1.165) is 6.07 Å². The highest BCUT2D eigenvalue weighted by molar-refractivity contribution is 5.85. The molecule has 130 valence electrons. The Morgan fingerprint density at radius 3 is 2.61 bits per heavy atom. The molecule has 1 aromatic carbocycles. The third-order valence-electron chi connectivity index (χ3n) is 3.87. The summed E-state index contributed by atoms with van der Waals surface area (Å²) in [4.78, 5) is 14.0. The molecule has 0 bridgehead atoms. The van der Waals surface area contributed by atoms with Gasteiger partial charge in [-0.1, -0.05) is 6.92 Å². The number of piperidine rings is 1. The third-order valence-corrected chi connectivity index (χ3v) is 3.87. The van der Waals surface area contributed by atoms with Gasteiger partial charge in [0, 0.05) is 44.5 Å². The molecule has 7 heteroatoms. The lowest BCUT2D eigenvalue weighted by atomic mass is 10.0. The topological polar surface area (TPSA) is 41.6 Å². The molecule has 0 saturated carbocycles. The molecule has 1 unspecified atom stereocenters. The van der Waals surface area contributed by atoms with Crippen LogP contribution in [0.4, 0.5) is 8.78 Å². The Labute approximate surface area is 141 Å². The van der Waals surface area contributed by atoms with Crippen molar-refractivity contribution in [1.29, 1.82) is 0 Å². The van der Waals surface area contributed by atoms with Gasteiger partial charge in [0.05, 0.1) is 0 Å². The molecule has 1 aliphatic heterocycles. The maximum absolute atomic E-state index is 13.6. The molecule has 0 radical (unpaired) electrons. The number of amides is 1. The highest BCUT2D eigenvalue weighted by Gasteiger charge is 2.27. The zero-order valence-electron chi connectivity index (χ0n) is 13.4. The molecular formula is C16H23ClF2N2O2. The fourth-order valence-corrected chi connectivity index (χ4v) is 2.65. The standard InChI is InChI=1S/C16H22F2N2O2.ClH/c1-11(10-19-2)16(21)20-7-5-13(6-8-20)22-15-4-3-12(17)9-14(15)18;/h3-4,9,11,13,19H,5-8,10H2,1-2H3;1H. The van der Waals surface area contributed by atoms with E-state index in [0.29, 0.717) is 32.5 Å². The van der Waals surface area contributed by atoms with E-state index in [1.165, 1.54) is 12.1 Å². The van der Waals surface area contributed by atoms with Crippen molar-refractivity contribution < 1.29 is 18.3 Å². The Balaban J connectivity index is 0.00000264. The summed E-state index contributed by atoms with van der Waals surface area (Å²) in [5.74, 6) is -1.18. The molecule has 1 heterocycles. The number of ether oxygens (including phenoxy) is 1. The van der Waals surface area contributed by atoms with Gasteiger partial charge in [0.1, 0.15) is 11.9 Å². The van der Waals surface area contributed by atoms with Gasteiger partial charge in [-0.25, -0.2) is 8.78 Å². The monoisotopic (exact) mass is 348 g/mol. The van der Waals surface area contributed by atoms with Crippen LogP contribution in [0.1, 0.15) is 19.8 Å². The summed E-state index contributed by atoms with van der Waals surface area (Å²) in [6.07, 6.45) is 1.15. The predicted molar refractivity (Wildman–Crippen MR) is 86.9 cm³/mol. The molecule has 1 amide bonds. The summed E-state index contributed by atoms with van der Waals surface area (Å²) in [6, 6.07) is 3.29. The lowest BCUT2D eigenvalue weighted by Gasteiger charge is -2.33. The minimum atomic E-state index is -0.693. The second-order valence-corrected chi connectivity index (χ2v) is 5.68. The van der Waals surface area contributed by atoms with Gasteiger partial charge in [-0.2, -0.15) is 0 Å². The van der Waals surface area contributed by atoms with Crippen molar-refractivity contribution in [3.63, 3.8) is 0 Å². The Morgan fingerprint density at radius 2 is 2.04 bits per heavy atom. The summed E-state index contributed by atoms with van der Waals surface area (Å²) in [7, 11) is 1.82. The van der Waals surface area contributed by atoms with E-state index in [9.17, 15) is 13.6 Å². The first-order valence-electron chi connectivity index (χ1n) is 7.56. The Hall–Kier alpha value is -1.40. The molecule has 4 nitrogen and oxygen atoms in total. The Morgan fingerprint density at radius 1 is 1.39 bits per heavy atom. The van der Waals surface area contributed by atoms with Gasteiger partial charge in [-0.3, -0.25) is 4.79 Å². The van der Waals surface area contributed by atoms with Gasteiger partial charge in [0.2, 0.25) is 5.91 Å². The van der Waals surface area contributed by atoms with Gasteiger partial charge >= 0.3 is 0 Å². The number of benzene rings is 1. The van der Waals surface area contributed by atoms with E-state index < -0.39 is 11.6 Å². The van der Waals surface area contributed by atoms with Crippen LogP contribution in [-0.4, -0.2) is 43.6 Å². The van der Waals surface area contributed by atoms with Gasteiger partial charge in [0.25, 0.3) is 0 Å². The molecule has 23 heavy (non-hydrogen) atoms. The molecule has 1 saturated heterocycles. The molecule has 1 fully saturated rings. The van der Waals surface area contributed by atoms with Crippen molar-refractivity contribution in [1.82, 2.24) is 10.2 Å². The molecule has 0 aliphatic carbocycles. The number of hydrogen-bond donors (Lipinski definition) is 1. The minimum Gasteiger partial charge on any atom is -0.487 e. The largest absolute Gasteiger partial charge is 0.487 e. The maximum Gasteiger partial charge on any atom is 0.226 e. The number of hydrogen-bond acceptors (Lipinski definition) is 3. The van der Waals surface area contributed by atoms with E-state index in [-0.39, 0.29) is 36.1 Å². The van der Waals surface area contributed by atoms with E-state index in [1.807, 2.05) is 18.9 Å². The third kappa shape index (κ3) is 5.32. The number of carbonyl (C=O) groups excluding carboxylic acids is 1. The van der Waals surface area contributed by atoms with Crippen LogP contribution in [0.5, 0.6) is 5.75 Å². The molecule has 0 aromatic heterocycles. The van der Waals surface area contributed by atoms with Crippen molar-refractivity contribution in [2.24, 2.45) is 5.92 Å². The average Bonchev–Trinajstić information content (AvgIpc) is 2.50. The molecule has 2 rings (SSSR count). The second-order valence-electron chi connectivity index (χ2n) is 5.68. The normalized spacial score (nSPS) is 16.6. The molecule has 1 atom stereocenters. The van der Waals surface area contributed by atoms with Crippen LogP contribution in [0.25, 0.3) is 0 Å². The zero-order chi connectivity index (χ0) is 16.1. The summed E-state index contributed by atoms with van der Waals surface area (Å²) >= 11 is 0. The lowest BCUT2D eigenvalue weighted by Crippen LogP contribution is -2.45. The quantitative estimate of drug-likeness (QED) is 0.889. The van der Waals surface area contributed by atoms with Gasteiger partial charge in [-0.15, -0.1) is 12.4 Å². The molecule has 1 N–H and O–H groups in total. The smallest absolute Gasteiger partial charge is 0.226 e. The number of nitrogens with one attached hydrogen (secondary N) is 1. The lowest BCUT2D eigenvalue weighted by molar-refractivity contribution is -0.136. The van der Waals surface area contributed by atoms with Gasteiger partial charge < -0.3 is 15.0 Å². The van der Waals surface area contributed by atoms with E-state index in [2.05, 4.69) is 5.32 Å². The highest BCUT2D eigenvalue weighted by Crippen LogP contribution is 2.23. The molecule has 1 aromatic rings. The van der Waals surface area contributed by atoms with Crippen LogP contribution in [-0.2, 0) is 4.79 Å². The number of rotatable bonds is 5. The van der Waals surface area contributed by atoms with Gasteiger partial charge in [0.15, 0.2) is 11.6 Å². The van der Waals surface area contributed by atoms with E-state index >= 15 is 0 Å². The summed E-state index contributed by atoms with van der Waals surface area (Å²) < 4.78 is 32.0. The van der Waals surface area contributed by atoms with Crippen LogP contribution in [0.3, 0.4) is 0 Å². The first-order chi connectivity index (χ1) is 10.5. The second kappa shape index (κ2) is 9.03. The summed E-state index contributed by atoms with van der Waals surface area (Å²) in [5, 5.41) is 3.00. The molecular weight excluding hydrogens is 326 g/mol. The van der Waals surface area contributed by atoms with Crippen LogP contribution < -0.4 is 10.1 Å². The van der Waals surface area contributed by atoms with Crippen molar-refractivity contribution in [3.8, 4) is 5.75 Å². The van der Waals surface area contributed by atoms with Crippen LogP contribution >= 0.6 is 12.4 Å². The molecule has 1 aliphatic rings.